The molecular formula is C15H24N2O. The molecule has 0 radical (unpaired) electrons. The lowest BCUT2D eigenvalue weighted by Crippen LogP contribution is -2.16. The number of benzene rings is 1. The van der Waals surface area contributed by atoms with Crippen molar-refractivity contribution in [3.05, 3.63) is 29.3 Å². The Morgan fingerprint density at radius 3 is 2.56 bits per heavy atom. The maximum absolute atomic E-state index is 11.1. The van der Waals surface area contributed by atoms with Crippen LogP contribution in [0.1, 0.15) is 50.7 Å². The van der Waals surface area contributed by atoms with Crippen LogP contribution in [0.15, 0.2) is 18.2 Å². The number of amides is 1. The summed E-state index contributed by atoms with van der Waals surface area (Å²) in [5.74, 6) is -0.0140. The molecule has 3 heteroatoms. The molecule has 0 saturated carbocycles. The fourth-order valence-corrected chi connectivity index (χ4v) is 2.28. The Balaban J connectivity index is 3.04. The van der Waals surface area contributed by atoms with Crippen LogP contribution in [-0.4, -0.2) is 11.9 Å². The number of carbonyl (C=O) groups is 1. The Hall–Kier alpha value is -1.51. The van der Waals surface area contributed by atoms with Gasteiger partial charge in [0.05, 0.1) is 0 Å². The molecule has 1 atom stereocenters. The number of anilines is 1. The molecule has 1 aromatic carbocycles. The number of hydrogen-bond donors (Lipinski definition) is 2. The monoisotopic (exact) mass is 248 g/mol. The van der Waals surface area contributed by atoms with Gasteiger partial charge in [0.2, 0.25) is 5.91 Å². The third-order valence-electron chi connectivity index (χ3n) is 3.20. The van der Waals surface area contributed by atoms with E-state index in [9.17, 15) is 4.79 Å². The van der Waals surface area contributed by atoms with Crippen LogP contribution in [0.3, 0.4) is 0 Å². The summed E-state index contributed by atoms with van der Waals surface area (Å²) in [4.78, 5) is 11.1. The fourth-order valence-electron chi connectivity index (χ4n) is 2.28. The predicted molar refractivity (Wildman–Crippen MR) is 76.8 cm³/mol. The largest absolute Gasteiger partial charge is 0.383 e. The summed E-state index contributed by atoms with van der Waals surface area (Å²) >= 11 is 0. The number of nitrogens with one attached hydrogen (secondary N) is 1. The third kappa shape index (κ3) is 3.76. The fraction of sp³-hybridized carbons (Fsp3) is 0.533. The van der Waals surface area contributed by atoms with Crippen LogP contribution >= 0.6 is 0 Å². The van der Waals surface area contributed by atoms with Crippen molar-refractivity contribution in [1.82, 2.24) is 0 Å². The van der Waals surface area contributed by atoms with Gasteiger partial charge < -0.3 is 11.1 Å². The maximum atomic E-state index is 11.1. The van der Waals surface area contributed by atoms with Gasteiger partial charge >= 0.3 is 0 Å². The lowest BCUT2D eigenvalue weighted by Gasteiger charge is -2.20. The van der Waals surface area contributed by atoms with Gasteiger partial charge in [-0.3, -0.25) is 4.79 Å². The van der Waals surface area contributed by atoms with Gasteiger partial charge in [-0.05, 0) is 50.3 Å². The molecule has 3 nitrogen and oxygen atoms in total. The topological polar surface area (TPSA) is 55.1 Å². The number of rotatable bonds is 6. The minimum absolute atomic E-state index is 0.219. The van der Waals surface area contributed by atoms with Crippen molar-refractivity contribution in [2.75, 3.05) is 5.32 Å². The van der Waals surface area contributed by atoms with E-state index < -0.39 is 0 Å². The average Bonchev–Trinajstić information content (AvgIpc) is 2.28. The summed E-state index contributed by atoms with van der Waals surface area (Å²) in [7, 11) is 0. The average molecular weight is 248 g/mol. The quantitative estimate of drug-likeness (QED) is 0.812. The van der Waals surface area contributed by atoms with E-state index in [0.29, 0.717) is 12.5 Å². The first kappa shape index (κ1) is 14.6. The van der Waals surface area contributed by atoms with Crippen molar-refractivity contribution in [2.45, 2.75) is 52.5 Å². The van der Waals surface area contributed by atoms with E-state index >= 15 is 0 Å². The van der Waals surface area contributed by atoms with Crippen molar-refractivity contribution in [3.63, 3.8) is 0 Å². The highest BCUT2D eigenvalue weighted by molar-refractivity contribution is 5.75. The highest BCUT2D eigenvalue weighted by Gasteiger charge is 2.16. The molecule has 1 aromatic rings. The molecule has 0 aromatic heterocycles. The molecule has 3 N–H and O–H groups in total. The summed E-state index contributed by atoms with van der Waals surface area (Å²) in [5.41, 5.74) is 8.91. The molecule has 0 heterocycles. The van der Waals surface area contributed by atoms with Gasteiger partial charge in [0.1, 0.15) is 0 Å². The van der Waals surface area contributed by atoms with Crippen molar-refractivity contribution in [1.29, 1.82) is 0 Å². The molecule has 0 bridgehead atoms. The molecule has 0 aliphatic rings. The lowest BCUT2D eigenvalue weighted by atomic mass is 9.89. The summed E-state index contributed by atoms with van der Waals surface area (Å²) in [6.07, 6.45) is 1.34. The van der Waals surface area contributed by atoms with E-state index in [0.717, 1.165) is 12.1 Å². The van der Waals surface area contributed by atoms with Crippen molar-refractivity contribution < 1.29 is 4.79 Å². The Morgan fingerprint density at radius 2 is 2.06 bits per heavy atom. The molecule has 0 saturated heterocycles. The lowest BCUT2D eigenvalue weighted by molar-refractivity contribution is -0.118. The molecule has 0 aliphatic carbocycles. The van der Waals surface area contributed by atoms with E-state index in [1.54, 1.807) is 0 Å². The first-order valence-electron chi connectivity index (χ1n) is 6.60. The standard InChI is InChI=1S/C15H24N2O/c1-5-12(9-15(16)18)13-7-6-8-14(11(13)4)17-10(2)3/h6-8,10,12,17H,5,9H2,1-4H3,(H2,16,18). The molecule has 0 aliphatic heterocycles. The second-order valence-electron chi connectivity index (χ2n) is 5.09. The third-order valence-corrected chi connectivity index (χ3v) is 3.20. The van der Waals surface area contributed by atoms with Gasteiger partial charge in [0, 0.05) is 18.2 Å². The Kier molecular flexibility index (Phi) is 5.20. The van der Waals surface area contributed by atoms with Crippen LogP contribution < -0.4 is 11.1 Å². The SMILES string of the molecule is CCC(CC(N)=O)c1cccc(NC(C)C)c1C. The van der Waals surface area contributed by atoms with Crippen LogP contribution in [0.5, 0.6) is 0 Å². The minimum Gasteiger partial charge on any atom is -0.383 e. The van der Waals surface area contributed by atoms with Crippen molar-refractivity contribution >= 4 is 11.6 Å². The van der Waals surface area contributed by atoms with Crippen molar-refractivity contribution in [2.24, 2.45) is 5.73 Å². The molecule has 0 spiro atoms. The summed E-state index contributed by atoms with van der Waals surface area (Å²) in [6.45, 7) is 8.43. The Bertz CT molecular complexity index is 413. The van der Waals surface area contributed by atoms with Gasteiger partial charge in [-0.15, -0.1) is 0 Å². The second kappa shape index (κ2) is 6.43. The second-order valence-corrected chi connectivity index (χ2v) is 5.09. The van der Waals surface area contributed by atoms with Gasteiger partial charge in [-0.25, -0.2) is 0 Å². The molecule has 1 unspecified atom stereocenters. The Morgan fingerprint density at radius 1 is 1.39 bits per heavy atom. The van der Waals surface area contributed by atoms with Gasteiger partial charge in [0.15, 0.2) is 0 Å². The van der Waals surface area contributed by atoms with E-state index in [-0.39, 0.29) is 11.8 Å². The van der Waals surface area contributed by atoms with Gasteiger partial charge in [-0.1, -0.05) is 19.1 Å². The minimum atomic E-state index is -0.233. The van der Waals surface area contributed by atoms with E-state index in [1.165, 1.54) is 11.1 Å². The van der Waals surface area contributed by atoms with Gasteiger partial charge in [-0.2, -0.15) is 0 Å². The highest BCUT2D eigenvalue weighted by atomic mass is 16.1. The van der Waals surface area contributed by atoms with Crippen LogP contribution in [0, 0.1) is 6.92 Å². The van der Waals surface area contributed by atoms with Gasteiger partial charge in [0.25, 0.3) is 0 Å². The van der Waals surface area contributed by atoms with Crippen LogP contribution in [0.2, 0.25) is 0 Å². The van der Waals surface area contributed by atoms with E-state index in [4.69, 9.17) is 5.73 Å². The molecule has 1 rings (SSSR count). The zero-order valence-electron chi connectivity index (χ0n) is 11.8. The highest BCUT2D eigenvalue weighted by Crippen LogP contribution is 2.30. The molecule has 100 valence electrons. The summed E-state index contributed by atoms with van der Waals surface area (Å²) in [5, 5.41) is 3.43. The molecular weight excluding hydrogens is 224 g/mol. The number of hydrogen-bond acceptors (Lipinski definition) is 2. The predicted octanol–water partition coefficient (Wildman–Crippen LogP) is 3.18. The smallest absolute Gasteiger partial charge is 0.218 e. The van der Waals surface area contributed by atoms with Crippen molar-refractivity contribution in [3.8, 4) is 0 Å². The first-order valence-corrected chi connectivity index (χ1v) is 6.60. The zero-order valence-corrected chi connectivity index (χ0v) is 11.8. The van der Waals surface area contributed by atoms with Crippen LogP contribution in [0.4, 0.5) is 5.69 Å². The number of nitrogens with two attached hydrogens (primary N) is 1. The molecule has 18 heavy (non-hydrogen) atoms. The van der Waals surface area contributed by atoms with Crippen LogP contribution in [0.25, 0.3) is 0 Å². The summed E-state index contributed by atoms with van der Waals surface area (Å²) < 4.78 is 0. The first-order chi connectivity index (χ1) is 8.45. The molecule has 1 amide bonds. The Labute approximate surface area is 110 Å². The van der Waals surface area contributed by atoms with Crippen LogP contribution in [-0.2, 0) is 4.79 Å². The van der Waals surface area contributed by atoms with E-state index in [2.05, 4.69) is 45.1 Å². The number of carbonyl (C=O) groups excluding carboxylic acids is 1. The zero-order chi connectivity index (χ0) is 13.7. The number of primary amides is 1. The normalized spacial score (nSPS) is 12.5. The summed E-state index contributed by atoms with van der Waals surface area (Å²) in [6, 6.07) is 6.61. The van der Waals surface area contributed by atoms with E-state index in [1.807, 2.05) is 6.07 Å². The molecule has 0 fully saturated rings. The maximum Gasteiger partial charge on any atom is 0.218 e.